The third kappa shape index (κ3) is 3.25. The fraction of sp³-hybridized carbons (Fsp3) is 0.667. The monoisotopic (exact) mass is 164 g/mol. The summed E-state index contributed by atoms with van der Waals surface area (Å²) in [5.74, 6) is 0.960. The lowest BCUT2D eigenvalue weighted by Gasteiger charge is -2.06. The first kappa shape index (κ1) is 9.57. The van der Waals surface area contributed by atoms with E-state index in [0.717, 1.165) is 5.92 Å². The summed E-state index contributed by atoms with van der Waals surface area (Å²) in [5.41, 5.74) is 1.48. The molecule has 1 saturated carbocycles. The van der Waals surface area contributed by atoms with Crippen LogP contribution in [0.25, 0.3) is 0 Å². The Kier molecular flexibility index (Phi) is 4.13. The molecule has 0 saturated heterocycles. The second-order valence-corrected chi connectivity index (χ2v) is 3.93. The van der Waals surface area contributed by atoms with Crippen molar-refractivity contribution in [1.29, 1.82) is 0 Å². The molecule has 1 aliphatic rings. The molecule has 1 aliphatic carbocycles. The zero-order valence-electron chi connectivity index (χ0n) is 8.02. The molecular weight excluding hydrogens is 144 g/mol. The summed E-state index contributed by atoms with van der Waals surface area (Å²) >= 11 is 0. The van der Waals surface area contributed by atoms with Crippen molar-refractivity contribution < 1.29 is 0 Å². The Morgan fingerprint density at radius 3 is 2.83 bits per heavy atom. The third-order valence-corrected chi connectivity index (χ3v) is 2.75. The topological polar surface area (TPSA) is 0 Å². The number of unbranched alkanes of at least 4 members (excludes halogenated alkanes) is 2. The van der Waals surface area contributed by atoms with Gasteiger partial charge in [-0.3, -0.25) is 0 Å². The molecule has 0 aromatic rings. The van der Waals surface area contributed by atoms with Gasteiger partial charge in [0.15, 0.2) is 0 Å². The highest BCUT2D eigenvalue weighted by atomic mass is 14.2. The first-order chi connectivity index (χ1) is 5.83. The lowest BCUT2D eigenvalue weighted by molar-refractivity contribution is 0.480. The fourth-order valence-corrected chi connectivity index (χ4v) is 1.99. The molecule has 1 unspecified atom stereocenters. The Morgan fingerprint density at radius 1 is 1.42 bits per heavy atom. The summed E-state index contributed by atoms with van der Waals surface area (Å²) < 4.78 is 0. The van der Waals surface area contributed by atoms with Crippen molar-refractivity contribution >= 4 is 0 Å². The van der Waals surface area contributed by atoms with Crippen LogP contribution in [0.4, 0.5) is 0 Å². The molecule has 0 aromatic heterocycles. The highest BCUT2D eigenvalue weighted by molar-refractivity contribution is 5.01. The quantitative estimate of drug-likeness (QED) is 0.424. The molecule has 1 rings (SSSR count). The molecule has 0 aromatic carbocycles. The Bertz CT molecular complexity index is 155. The van der Waals surface area contributed by atoms with Crippen LogP contribution in [0.3, 0.4) is 0 Å². The molecule has 1 atom stereocenters. The van der Waals surface area contributed by atoms with Gasteiger partial charge in [-0.1, -0.05) is 31.1 Å². The van der Waals surface area contributed by atoms with Crippen LogP contribution in [0.15, 0.2) is 24.8 Å². The predicted octanol–water partition coefficient (Wildman–Crippen LogP) is 4.09. The number of hydrogen-bond acceptors (Lipinski definition) is 0. The maximum Gasteiger partial charge on any atom is -0.0294 e. The summed E-state index contributed by atoms with van der Waals surface area (Å²) in [5, 5.41) is 0. The Labute approximate surface area is 76.4 Å². The summed E-state index contributed by atoms with van der Waals surface area (Å²) in [6.45, 7) is 7.76. The maximum absolute atomic E-state index is 4.03. The van der Waals surface area contributed by atoms with Crippen molar-refractivity contribution in [2.75, 3.05) is 0 Å². The third-order valence-electron chi connectivity index (χ3n) is 2.75. The molecule has 0 heterocycles. The van der Waals surface area contributed by atoms with E-state index in [9.17, 15) is 0 Å². The van der Waals surface area contributed by atoms with Crippen LogP contribution in [0, 0.1) is 5.92 Å². The van der Waals surface area contributed by atoms with Crippen LogP contribution in [0.1, 0.15) is 44.9 Å². The van der Waals surface area contributed by atoms with E-state index in [1.807, 2.05) is 6.08 Å². The average Bonchev–Trinajstić information content (AvgIpc) is 2.45. The summed E-state index contributed by atoms with van der Waals surface area (Å²) in [7, 11) is 0. The van der Waals surface area contributed by atoms with Gasteiger partial charge in [0.2, 0.25) is 0 Å². The first-order valence-corrected chi connectivity index (χ1v) is 5.10. The Hall–Kier alpha value is -0.520. The molecule has 0 heteroatoms. The lowest BCUT2D eigenvalue weighted by atomic mass is 10.00. The smallest absolute Gasteiger partial charge is 0.0294 e. The van der Waals surface area contributed by atoms with Gasteiger partial charge in [-0.15, -0.1) is 6.58 Å². The maximum atomic E-state index is 4.03. The van der Waals surface area contributed by atoms with Gasteiger partial charge in [-0.2, -0.15) is 0 Å². The Morgan fingerprint density at radius 2 is 2.25 bits per heavy atom. The molecule has 0 amide bonds. The van der Waals surface area contributed by atoms with Gasteiger partial charge in [0.05, 0.1) is 0 Å². The van der Waals surface area contributed by atoms with Crippen LogP contribution in [0.5, 0.6) is 0 Å². The van der Waals surface area contributed by atoms with Gasteiger partial charge < -0.3 is 0 Å². The van der Waals surface area contributed by atoms with Gasteiger partial charge in [0.25, 0.3) is 0 Å². The van der Waals surface area contributed by atoms with Gasteiger partial charge in [-0.05, 0) is 38.0 Å². The molecular formula is C12H20. The van der Waals surface area contributed by atoms with E-state index in [4.69, 9.17) is 0 Å². The molecule has 0 aliphatic heterocycles. The van der Waals surface area contributed by atoms with Crippen molar-refractivity contribution in [2.45, 2.75) is 44.9 Å². The second-order valence-electron chi connectivity index (χ2n) is 3.93. The minimum Gasteiger partial charge on any atom is -0.103 e. The molecule has 0 radical (unpaired) electrons. The van der Waals surface area contributed by atoms with E-state index in [1.165, 1.54) is 50.5 Å². The molecule has 68 valence electrons. The van der Waals surface area contributed by atoms with E-state index < -0.39 is 0 Å². The fourth-order valence-electron chi connectivity index (χ4n) is 1.99. The highest BCUT2D eigenvalue weighted by Crippen LogP contribution is 2.32. The minimum atomic E-state index is 0.960. The molecule has 12 heavy (non-hydrogen) atoms. The lowest BCUT2D eigenvalue weighted by Crippen LogP contribution is -1.92. The zero-order chi connectivity index (χ0) is 8.81. The van der Waals surface area contributed by atoms with Gasteiger partial charge in [-0.25, -0.2) is 0 Å². The number of hydrogen-bond donors (Lipinski definition) is 0. The van der Waals surface area contributed by atoms with Crippen molar-refractivity contribution in [3.63, 3.8) is 0 Å². The van der Waals surface area contributed by atoms with E-state index in [-0.39, 0.29) is 0 Å². The number of allylic oxidation sites excluding steroid dienone is 2. The van der Waals surface area contributed by atoms with Crippen molar-refractivity contribution in [3.05, 3.63) is 24.8 Å². The number of rotatable bonds is 5. The molecule has 0 bridgehead atoms. The predicted molar refractivity (Wildman–Crippen MR) is 55.1 cm³/mol. The van der Waals surface area contributed by atoms with Crippen molar-refractivity contribution in [3.8, 4) is 0 Å². The summed E-state index contributed by atoms with van der Waals surface area (Å²) in [6, 6.07) is 0. The second kappa shape index (κ2) is 5.18. The Balaban J connectivity index is 2.00. The van der Waals surface area contributed by atoms with Gasteiger partial charge in [0, 0.05) is 0 Å². The average molecular weight is 164 g/mol. The van der Waals surface area contributed by atoms with E-state index in [1.54, 1.807) is 0 Å². The van der Waals surface area contributed by atoms with E-state index in [2.05, 4.69) is 13.2 Å². The molecule has 0 N–H and O–H groups in total. The first-order valence-electron chi connectivity index (χ1n) is 5.10. The van der Waals surface area contributed by atoms with E-state index in [0.29, 0.717) is 0 Å². The normalized spacial score (nSPS) is 23.0. The van der Waals surface area contributed by atoms with Crippen LogP contribution in [-0.4, -0.2) is 0 Å². The molecule has 0 spiro atoms. The molecule has 0 nitrogen and oxygen atoms in total. The SMILES string of the molecule is C=CCCCCC1CCC(=C)C1. The summed E-state index contributed by atoms with van der Waals surface area (Å²) in [4.78, 5) is 0. The van der Waals surface area contributed by atoms with Crippen molar-refractivity contribution in [1.82, 2.24) is 0 Å². The summed E-state index contributed by atoms with van der Waals surface area (Å²) in [6.07, 6.45) is 11.3. The van der Waals surface area contributed by atoms with Gasteiger partial charge >= 0.3 is 0 Å². The van der Waals surface area contributed by atoms with Crippen LogP contribution < -0.4 is 0 Å². The van der Waals surface area contributed by atoms with E-state index >= 15 is 0 Å². The van der Waals surface area contributed by atoms with Crippen LogP contribution >= 0.6 is 0 Å². The van der Waals surface area contributed by atoms with Crippen LogP contribution in [-0.2, 0) is 0 Å². The van der Waals surface area contributed by atoms with Crippen molar-refractivity contribution in [2.24, 2.45) is 5.92 Å². The largest absolute Gasteiger partial charge is 0.103 e. The standard InChI is InChI=1S/C12H20/c1-3-4-5-6-7-12-9-8-11(2)10-12/h3,12H,1-2,4-10H2. The minimum absolute atomic E-state index is 0.960. The molecule has 1 fully saturated rings. The van der Waals surface area contributed by atoms with Gasteiger partial charge in [0.1, 0.15) is 0 Å². The van der Waals surface area contributed by atoms with Crippen LogP contribution in [0.2, 0.25) is 0 Å². The highest BCUT2D eigenvalue weighted by Gasteiger charge is 2.16. The zero-order valence-corrected chi connectivity index (χ0v) is 8.02.